The first kappa shape index (κ1) is 24.8. The molecule has 0 saturated carbocycles. The highest BCUT2D eigenvalue weighted by Crippen LogP contribution is 2.04. The van der Waals surface area contributed by atoms with Gasteiger partial charge in [-0.1, -0.05) is 55.0 Å². The van der Waals surface area contributed by atoms with E-state index in [1.54, 1.807) is 0 Å². The highest BCUT2D eigenvalue weighted by molar-refractivity contribution is 5.66. The second kappa shape index (κ2) is 20.1. The molecule has 0 bridgehead atoms. The van der Waals surface area contributed by atoms with Crippen molar-refractivity contribution in [1.82, 2.24) is 0 Å². The summed E-state index contributed by atoms with van der Waals surface area (Å²) < 4.78 is 0. The van der Waals surface area contributed by atoms with E-state index in [4.69, 9.17) is 5.11 Å². The van der Waals surface area contributed by atoms with Crippen LogP contribution in [0.1, 0.15) is 77.0 Å². The molecule has 0 heterocycles. The molecule has 0 unspecified atom stereocenters. The Bertz CT molecular complexity index is 449. The maximum atomic E-state index is 10.4. The molecule has 0 aromatic heterocycles. The minimum absolute atomic E-state index is 0.0877. The van der Waals surface area contributed by atoms with Gasteiger partial charge in [0.1, 0.15) is 0 Å². The maximum absolute atomic E-state index is 10.4. The van der Waals surface area contributed by atoms with E-state index in [1.165, 1.54) is 0 Å². The molecule has 152 valence electrons. The number of hydrogen-bond donors (Lipinski definition) is 1. The summed E-state index contributed by atoms with van der Waals surface area (Å²) in [4.78, 5) is 20.3. The molecule has 1 N–H and O–H groups in total. The van der Waals surface area contributed by atoms with Gasteiger partial charge in [0.2, 0.25) is 6.54 Å². The fourth-order valence-corrected chi connectivity index (χ4v) is 2.44. The number of allylic oxidation sites excluding steroid dienone is 8. The monoisotopic (exact) mass is 377 g/mol. The second-order valence-corrected chi connectivity index (χ2v) is 6.49. The van der Waals surface area contributed by atoms with E-state index in [-0.39, 0.29) is 17.9 Å². The van der Waals surface area contributed by atoms with Crippen molar-refractivity contribution in [1.29, 1.82) is 0 Å². The number of rotatable bonds is 18. The van der Waals surface area contributed by atoms with Crippen LogP contribution < -0.4 is 0 Å². The van der Waals surface area contributed by atoms with Crippen LogP contribution in [-0.4, -0.2) is 22.5 Å². The van der Waals surface area contributed by atoms with Crippen molar-refractivity contribution in [3.63, 3.8) is 0 Å². The lowest BCUT2D eigenvalue weighted by atomic mass is 10.1. The highest BCUT2D eigenvalue weighted by Gasteiger charge is 1.95. The lowest BCUT2D eigenvalue weighted by molar-refractivity contribution is -0.480. The van der Waals surface area contributed by atoms with Gasteiger partial charge in [0.25, 0.3) is 0 Å². The van der Waals surface area contributed by atoms with Crippen molar-refractivity contribution in [2.24, 2.45) is 0 Å². The van der Waals surface area contributed by atoms with Crippen LogP contribution in [0.2, 0.25) is 0 Å². The molecule has 5 heteroatoms. The number of aliphatic carboxylic acids is 1. The fourth-order valence-electron chi connectivity index (χ4n) is 2.44. The molecule has 0 rings (SSSR count). The van der Waals surface area contributed by atoms with Gasteiger partial charge in [-0.3, -0.25) is 14.9 Å². The minimum atomic E-state index is -0.705. The van der Waals surface area contributed by atoms with Gasteiger partial charge >= 0.3 is 5.97 Å². The molecular formula is C22H35NO4. The van der Waals surface area contributed by atoms with E-state index in [0.717, 1.165) is 64.2 Å². The molecule has 0 amide bonds. The third kappa shape index (κ3) is 23.8. The molecular weight excluding hydrogens is 342 g/mol. The molecule has 0 aliphatic rings. The predicted molar refractivity (Wildman–Crippen MR) is 111 cm³/mol. The van der Waals surface area contributed by atoms with E-state index >= 15 is 0 Å². The van der Waals surface area contributed by atoms with E-state index in [1.807, 2.05) is 0 Å². The van der Waals surface area contributed by atoms with Crippen LogP contribution in [0.25, 0.3) is 0 Å². The number of unbranched alkanes of at least 4 members (excludes halogenated alkanes) is 6. The Morgan fingerprint density at radius 2 is 1.15 bits per heavy atom. The van der Waals surface area contributed by atoms with Crippen molar-refractivity contribution in [2.75, 3.05) is 6.54 Å². The van der Waals surface area contributed by atoms with Crippen LogP contribution in [0.4, 0.5) is 0 Å². The topological polar surface area (TPSA) is 80.4 Å². The summed E-state index contributed by atoms with van der Waals surface area (Å²) >= 11 is 0. The predicted octanol–water partition coefficient (Wildman–Crippen LogP) is 6.25. The van der Waals surface area contributed by atoms with Crippen molar-refractivity contribution in [3.05, 3.63) is 58.7 Å². The van der Waals surface area contributed by atoms with Crippen LogP contribution >= 0.6 is 0 Å². The van der Waals surface area contributed by atoms with Gasteiger partial charge in [-0.05, 0) is 57.8 Å². The third-order valence-electron chi connectivity index (χ3n) is 3.96. The normalized spacial score (nSPS) is 12.1. The molecule has 5 nitrogen and oxygen atoms in total. The maximum Gasteiger partial charge on any atom is 0.303 e. The van der Waals surface area contributed by atoms with Crippen molar-refractivity contribution in [3.8, 4) is 0 Å². The van der Waals surface area contributed by atoms with Crippen molar-refractivity contribution < 1.29 is 14.8 Å². The molecule has 27 heavy (non-hydrogen) atoms. The van der Waals surface area contributed by atoms with Crippen LogP contribution in [0.3, 0.4) is 0 Å². The number of nitrogens with zero attached hydrogens (tertiary/aromatic N) is 1. The summed E-state index contributed by atoms with van der Waals surface area (Å²) in [6, 6.07) is 0. The summed E-state index contributed by atoms with van der Waals surface area (Å²) in [5.74, 6) is -0.705. The summed E-state index contributed by atoms with van der Waals surface area (Å²) in [5.41, 5.74) is 0. The summed E-state index contributed by atoms with van der Waals surface area (Å²) in [5, 5.41) is 18.7. The SMILES string of the molecule is O=C(O)CCCCCC=CCC=CCC=CCC=CCCCCC[N+](=O)[O-]. The fraction of sp³-hybridized carbons (Fsp3) is 0.591. The van der Waals surface area contributed by atoms with E-state index in [0.29, 0.717) is 6.42 Å². The molecule has 0 aromatic rings. The standard InChI is InChI=1S/C22H35NO4/c24-22(25)20-18-16-14-12-10-8-6-4-2-1-3-5-7-9-11-13-15-17-19-21-23(26)27/h2-5,8-11H,1,6-7,12-21H2,(H,24,25). The molecule has 0 aliphatic heterocycles. The zero-order valence-corrected chi connectivity index (χ0v) is 16.4. The number of nitro groups is 1. The lowest BCUT2D eigenvalue weighted by Crippen LogP contribution is -1.99. The molecule has 0 saturated heterocycles. The Morgan fingerprint density at radius 1 is 0.704 bits per heavy atom. The number of carboxylic acid groups (broad SMARTS) is 1. The van der Waals surface area contributed by atoms with Gasteiger partial charge in [0.05, 0.1) is 0 Å². The highest BCUT2D eigenvalue weighted by atomic mass is 16.6. The molecule has 0 aliphatic carbocycles. The number of hydrogen-bond acceptors (Lipinski definition) is 3. The Hall–Kier alpha value is -2.17. The minimum Gasteiger partial charge on any atom is -0.481 e. The van der Waals surface area contributed by atoms with Gasteiger partial charge in [0.15, 0.2) is 0 Å². The van der Waals surface area contributed by atoms with E-state index in [9.17, 15) is 14.9 Å². The van der Waals surface area contributed by atoms with Crippen LogP contribution in [0.5, 0.6) is 0 Å². The molecule has 0 spiro atoms. The first-order chi connectivity index (χ1) is 13.1. The van der Waals surface area contributed by atoms with Gasteiger partial charge < -0.3 is 5.11 Å². The quantitative estimate of drug-likeness (QED) is 0.132. The Balaban J connectivity index is 3.39. The molecule has 0 atom stereocenters. The van der Waals surface area contributed by atoms with Crippen molar-refractivity contribution >= 4 is 5.97 Å². The van der Waals surface area contributed by atoms with Crippen LogP contribution in [0, 0.1) is 10.1 Å². The van der Waals surface area contributed by atoms with Crippen molar-refractivity contribution in [2.45, 2.75) is 77.0 Å². The smallest absolute Gasteiger partial charge is 0.303 e. The van der Waals surface area contributed by atoms with Gasteiger partial charge in [0, 0.05) is 17.8 Å². The van der Waals surface area contributed by atoms with Gasteiger partial charge in [-0.2, -0.15) is 0 Å². The first-order valence-electron chi connectivity index (χ1n) is 10.1. The van der Waals surface area contributed by atoms with E-state index in [2.05, 4.69) is 48.6 Å². The summed E-state index contributed by atoms with van der Waals surface area (Å²) in [6.45, 7) is 0.0877. The van der Waals surface area contributed by atoms with Crippen LogP contribution in [0.15, 0.2) is 48.6 Å². The van der Waals surface area contributed by atoms with Gasteiger partial charge in [-0.25, -0.2) is 0 Å². The largest absolute Gasteiger partial charge is 0.481 e. The zero-order valence-electron chi connectivity index (χ0n) is 16.4. The summed E-state index contributed by atoms with van der Waals surface area (Å²) in [7, 11) is 0. The Labute approximate surface area is 163 Å². The second-order valence-electron chi connectivity index (χ2n) is 6.49. The average Bonchev–Trinajstić information content (AvgIpc) is 2.62. The van der Waals surface area contributed by atoms with Gasteiger partial charge in [-0.15, -0.1) is 0 Å². The third-order valence-corrected chi connectivity index (χ3v) is 3.96. The zero-order chi connectivity index (χ0) is 20.0. The molecule has 0 radical (unpaired) electrons. The molecule has 0 fully saturated rings. The Morgan fingerprint density at radius 3 is 1.59 bits per heavy atom. The van der Waals surface area contributed by atoms with Crippen LogP contribution in [-0.2, 0) is 4.79 Å². The lowest BCUT2D eigenvalue weighted by Gasteiger charge is -1.94. The average molecular weight is 378 g/mol. The number of carbonyl (C=O) groups is 1. The number of carboxylic acids is 1. The Kier molecular flexibility index (Phi) is 18.5. The molecule has 0 aromatic carbocycles. The first-order valence-corrected chi connectivity index (χ1v) is 10.1. The van der Waals surface area contributed by atoms with E-state index < -0.39 is 5.97 Å². The summed E-state index contributed by atoms with van der Waals surface area (Å²) in [6.07, 6.45) is 27.8.